The summed E-state index contributed by atoms with van der Waals surface area (Å²) in [5, 5.41) is 0.223. The summed E-state index contributed by atoms with van der Waals surface area (Å²) in [5.74, 6) is 1.34. The molecule has 0 bridgehead atoms. The van der Waals surface area contributed by atoms with Crippen molar-refractivity contribution in [2.75, 3.05) is 20.8 Å². The van der Waals surface area contributed by atoms with Gasteiger partial charge in [0.1, 0.15) is 10.6 Å². The summed E-state index contributed by atoms with van der Waals surface area (Å²) in [4.78, 5) is 13.2. The summed E-state index contributed by atoms with van der Waals surface area (Å²) in [6.07, 6.45) is 1.40. The van der Waals surface area contributed by atoms with Crippen LogP contribution in [0.3, 0.4) is 0 Å². The molecule has 1 heterocycles. The maximum Gasteiger partial charge on any atom is 0.211 e. The van der Waals surface area contributed by atoms with E-state index in [2.05, 4.69) is 0 Å². The van der Waals surface area contributed by atoms with Gasteiger partial charge in [-0.3, -0.25) is 4.79 Å². The van der Waals surface area contributed by atoms with Crippen molar-refractivity contribution in [2.45, 2.75) is 23.3 Å². The fourth-order valence-electron chi connectivity index (χ4n) is 3.80. The van der Waals surface area contributed by atoms with E-state index in [0.717, 1.165) is 5.56 Å². The van der Waals surface area contributed by atoms with E-state index in [-0.39, 0.29) is 15.2 Å². The van der Waals surface area contributed by atoms with Crippen molar-refractivity contribution in [1.29, 1.82) is 0 Å². The Bertz CT molecular complexity index is 1480. The van der Waals surface area contributed by atoms with Crippen molar-refractivity contribution in [3.05, 3.63) is 88.7 Å². The topological polar surface area (TPSA) is 83.8 Å². The van der Waals surface area contributed by atoms with Gasteiger partial charge in [0, 0.05) is 18.8 Å². The van der Waals surface area contributed by atoms with Crippen LogP contribution in [0.5, 0.6) is 17.2 Å². The van der Waals surface area contributed by atoms with Crippen LogP contribution in [0.4, 0.5) is 0 Å². The van der Waals surface area contributed by atoms with Crippen molar-refractivity contribution in [2.24, 2.45) is 0 Å². The molecule has 0 amide bonds. The summed E-state index contributed by atoms with van der Waals surface area (Å²) in [5.41, 5.74) is 0.887. The number of methoxy groups -OCH3 is 2. The van der Waals surface area contributed by atoms with Gasteiger partial charge >= 0.3 is 0 Å². The van der Waals surface area contributed by atoms with Crippen molar-refractivity contribution >= 4 is 20.7 Å². The molecule has 4 rings (SSSR count). The average Bonchev–Trinajstić information content (AvgIpc) is 2.86. The van der Waals surface area contributed by atoms with Crippen LogP contribution in [-0.4, -0.2) is 33.8 Å². The quantitative estimate of drug-likeness (QED) is 0.375. The molecule has 8 heteroatoms. The minimum atomic E-state index is -4.10. The van der Waals surface area contributed by atoms with Gasteiger partial charge in [0.2, 0.25) is 15.3 Å². The summed E-state index contributed by atoms with van der Waals surface area (Å²) < 4.78 is 45.0. The highest BCUT2D eigenvalue weighted by atomic mass is 32.2. The number of nitrogens with zero attached hydrogens (tertiary/aromatic N) is 1. The lowest BCUT2D eigenvalue weighted by molar-refractivity contribution is 0.340. The van der Waals surface area contributed by atoms with Crippen LogP contribution in [0.15, 0.2) is 87.5 Å². The average molecular weight is 480 g/mol. The Morgan fingerprint density at radius 2 is 1.53 bits per heavy atom. The molecule has 0 aliphatic rings. The normalized spacial score (nSPS) is 11.4. The molecule has 4 aromatic rings. The maximum absolute atomic E-state index is 13.5. The van der Waals surface area contributed by atoms with Gasteiger partial charge in [0.25, 0.3) is 0 Å². The van der Waals surface area contributed by atoms with Crippen LogP contribution in [0.1, 0.15) is 12.5 Å². The molecule has 0 fully saturated rings. The minimum absolute atomic E-state index is 0.0131. The Kier molecular flexibility index (Phi) is 6.61. The molecule has 176 valence electrons. The summed E-state index contributed by atoms with van der Waals surface area (Å²) in [7, 11) is -1.13. The Balaban J connectivity index is 1.96. The van der Waals surface area contributed by atoms with Crippen LogP contribution < -0.4 is 19.6 Å². The number of aromatic nitrogens is 1. The molecule has 0 saturated carbocycles. The Hall–Kier alpha value is -3.78. The van der Waals surface area contributed by atoms with E-state index in [1.54, 1.807) is 22.8 Å². The first-order chi connectivity index (χ1) is 16.4. The van der Waals surface area contributed by atoms with Gasteiger partial charge in [-0.15, -0.1) is 0 Å². The fourth-order valence-corrected chi connectivity index (χ4v) is 5.17. The van der Waals surface area contributed by atoms with Crippen molar-refractivity contribution < 1.29 is 22.6 Å². The lowest BCUT2D eigenvalue weighted by atomic mass is 10.1. The van der Waals surface area contributed by atoms with Crippen LogP contribution in [-0.2, 0) is 16.4 Å². The molecule has 0 saturated heterocycles. The molecular weight excluding hydrogens is 454 g/mol. The van der Waals surface area contributed by atoms with Crippen molar-refractivity contribution in [3.8, 4) is 17.2 Å². The van der Waals surface area contributed by atoms with Gasteiger partial charge < -0.3 is 18.8 Å². The highest BCUT2D eigenvalue weighted by molar-refractivity contribution is 7.91. The Morgan fingerprint density at radius 1 is 0.882 bits per heavy atom. The second-order valence-corrected chi connectivity index (χ2v) is 9.49. The second kappa shape index (κ2) is 9.61. The molecule has 0 atom stereocenters. The number of sulfone groups is 1. The molecule has 0 aliphatic heterocycles. The predicted molar refractivity (Wildman–Crippen MR) is 130 cm³/mol. The Morgan fingerprint density at radius 3 is 2.15 bits per heavy atom. The third-order valence-electron chi connectivity index (χ3n) is 5.48. The molecule has 0 N–H and O–H groups in total. The van der Waals surface area contributed by atoms with Crippen LogP contribution in [0, 0.1) is 0 Å². The third kappa shape index (κ3) is 4.36. The fraction of sp³-hybridized carbons (Fsp3) is 0.192. The summed E-state index contributed by atoms with van der Waals surface area (Å²) >= 11 is 0. The van der Waals surface area contributed by atoms with E-state index >= 15 is 0 Å². The van der Waals surface area contributed by atoms with Crippen LogP contribution >= 0.6 is 0 Å². The number of ether oxygens (including phenoxy) is 3. The third-order valence-corrected chi connectivity index (χ3v) is 7.25. The second-order valence-electron chi connectivity index (χ2n) is 7.57. The number of hydrogen-bond acceptors (Lipinski definition) is 6. The molecule has 0 radical (unpaired) electrons. The van der Waals surface area contributed by atoms with Gasteiger partial charge in [-0.25, -0.2) is 8.42 Å². The maximum atomic E-state index is 13.5. The number of benzene rings is 3. The van der Waals surface area contributed by atoms with Gasteiger partial charge in [0.05, 0.1) is 36.6 Å². The zero-order valence-electron chi connectivity index (χ0n) is 19.1. The van der Waals surface area contributed by atoms with E-state index in [9.17, 15) is 13.2 Å². The number of rotatable bonds is 8. The van der Waals surface area contributed by atoms with Crippen molar-refractivity contribution in [1.82, 2.24) is 4.57 Å². The van der Waals surface area contributed by atoms with Gasteiger partial charge in [-0.05, 0) is 42.8 Å². The molecule has 3 aromatic carbocycles. The van der Waals surface area contributed by atoms with Crippen molar-refractivity contribution in [3.63, 3.8) is 0 Å². The monoisotopic (exact) mass is 479 g/mol. The summed E-state index contributed by atoms with van der Waals surface area (Å²) in [6, 6.07) is 18.8. The highest BCUT2D eigenvalue weighted by Crippen LogP contribution is 2.32. The number of pyridine rings is 1. The first-order valence-electron chi connectivity index (χ1n) is 10.7. The standard InChI is InChI=1S/C26H25NO6S/c1-4-33-19-10-12-20(13-11-19)34(29,30)25-17-27(16-18-8-6-5-7-9-18)22-15-24(32-3)23(31-2)14-21(22)26(25)28/h5-15,17H,4,16H2,1-3H3. The summed E-state index contributed by atoms with van der Waals surface area (Å²) in [6.45, 7) is 2.67. The molecular formula is C26H25NO6S. The molecule has 0 spiro atoms. The lowest BCUT2D eigenvalue weighted by Gasteiger charge is -2.16. The molecule has 7 nitrogen and oxygen atoms in total. The van der Waals surface area contributed by atoms with E-state index in [4.69, 9.17) is 14.2 Å². The van der Waals surface area contributed by atoms with E-state index < -0.39 is 15.3 Å². The van der Waals surface area contributed by atoms with E-state index in [1.807, 2.05) is 37.3 Å². The zero-order chi connectivity index (χ0) is 24.3. The molecule has 0 unspecified atom stereocenters. The first-order valence-corrected chi connectivity index (χ1v) is 12.2. The van der Waals surface area contributed by atoms with Crippen LogP contribution in [0.25, 0.3) is 10.9 Å². The SMILES string of the molecule is CCOc1ccc(S(=O)(=O)c2cn(Cc3ccccc3)c3cc(OC)c(OC)cc3c2=O)cc1. The van der Waals surface area contributed by atoms with Gasteiger partial charge in [-0.1, -0.05) is 30.3 Å². The molecule has 34 heavy (non-hydrogen) atoms. The first kappa shape index (κ1) is 23.4. The largest absolute Gasteiger partial charge is 0.494 e. The predicted octanol–water partition coefficient (Wildman–Crippen LogP) is 4.30. The van der Waals surface area contributed by atoms with Gasteiger partial charge in [0.15, 0.2) is 11.5 Å². The number of fused-ring (bicyclic) bond motifs is 1. The van der Waals surface area contributed by atoms with E-state index in [1.165, 1.54) is 38.6 Å². The van der Waals surface area contributed by atoms with Gasteiger partial charge in [-0.2, -0.15) is 0 Å². The zero-order valence-corrected chi connectivity index (χ0v) is 20.0. The number of hydrogen-bond donors (Lipinski definition) is 0. The smallest absolute Gasteiger partial charge is 0.211 e. The highest BCUT2D eigenvalue weighted by Gasteiger charge is 2.25. The van der Waals surface area contributed by atoms with E-state index in [0.29, 0.717) is 35.9 Å². The molecule has 0 aliphatic carbocycles. The molecule has 1 aromatic heterocycles. The lowest BCUT2D eigenvalue weighted by Crippen LogP contribution is -2.20. The minimum Gasteiger partial charge on any atom is -0.494 e. The van der Waals surface area contributed by atoms with Crippen LogP contribution in [0.2, 0.25) is 0 Å². The Labute approximate surface area is 198 Å².